The number of hydrogen-bond donors (Lipinski definition) is 2. The molecule has 0 aliphatic carbocycles. The molecular weight excluding hydrogens is 382 g/mol. The lowest BCUT2D eigenvalue weighted by atomic mass is 10.1. The molecule has 0 aliphatic rings. The summed E-state index contributed by atoms with van der Waals surface area (Å²) in [5, 5.41) is 4.38. The third kappa shape index (κ3) is 2.51. The number of anilines is 3. The number of nitrogens with two attached hydrogens (primary N) is 1. The van der Waals surface area contributed by atoms with Gasteiger partial charge in [0.05, 0.1) is 28.8 Å². The molecule has 3 nitrogen and oxygen atoms in total. The molecular formula is C15H11Br2N3. The molecule has 0 amide bonds. The van der Waals surface area contributed by atoms with Gasteiger partial charge < -0.3 is 11.1 Å². The molecule has 0 saturated heterocycles. The molecule has 2 aromatic carbocycles. The van der Waals surface area contributed by atoms with Gasteiger partial charge in [-0.05, 0) is 40.2 Å². The summed E-state index contributed by atoms with van der Waals surface area (Å²) in [7, 11) is 0. The highest BCUT2D eigenvalue weighted by molar-refractivity contribution is 9.11. The molecule has 3 rings (SSSR count). The number of halogens is 2. The number of nitrogens with one attached hydrogen (secondary N) is 1. The average Bonchev–Trinajstić information content (AvgIpc) is 2.46. The van der Waals surface area contributed by atoms with Crippen LogP contribution in [0.1, 0.15) is 0 Å². The number of fused-ring (bicyclic) bond motifs is 1. The molecule has 0 unspecified atom stereocenters. The highest BCUT2D eigenvalue weighted by Crippen LogP contribution is 2.34. The first-order valence-corrected chi connectivity index (χ1v) is 7.59. The van der Waals surface area contributed by atoms with Crippen LogP contribution in [0.3, 0.4) is 0 Å². The van der Waals surface area contributed by atoms with Crippen LogP contribution in [0.15, 0.2) is 57.6 Å². The van der Waals surface area contributed by atoms with Gasteiger partial charge in [-0.15, -0.1) is 0 Å². The lowest BCUT2D eigenvalue weighted by Crippen LogP contribution is -1.99. The van der Waals surface area contributed by atoms with Crippen molar-refractivity contribution in [2.45, 2.75) is 0 Å². The molecule has 3 N–H and O–H groups in total. The number of hydrogen-bond acceptors (Lipinski definition) is 3. The summed E-state index contributed by atoms with van der Waals surface area (Å²) >= 11 is 7.01. The Morgan fingerprint density at radius 3 is 2.70 bits per heavy atom. The zero-order valence-electron chi connectivity index (χ0n) is 10.4. The third-order valence-electron chi connectivity index (χ3n) is 2.99. The fourth-order valence-corrected chi connectivity index (χ4v) is 2.73. The fourth-order valence-electron chi connectivity index (χ4n) is 2.02. The first-order chi connectivity index (χ1) is 9.65. The molecule has 3 aromatic rings. The quantitative estimate of drug-likeness (QED) is 0.638. The van der Waals surface area contributed by atoms with Crippen LogP contribution >= 0.6 is 31.9 Å². The topological polar surface area (TPSA) is 50.9 Å². The van der Waals surface area contributed by atoms with Crippen molar-refractivity contribution in [2.75, 3.05) is 11.1 Å². The molecule has 0 saturated carbocycles. The molecule has 1 aromatic heterocycles. The molecule has 0 aliphatic heterocycles. The molecule has 0 atom stereocenters. The van der Waals surface area contributed by atoms with E-state index in [9.17, 15) is 0 Å². The van der Waals surface area contributed by atoms with Crippen LogP contribution in [0.2, 0.25) is 0 Å². The second kappa shape index (κ2) is 5.42. The smallest absolute Gasteiger partial charge is 0.0746 e. The van der Waals surface area contributed by atoms with Gasteiger partial charge in [0.2, 0.25) is 0 Å². The third-order valence-corrected chi connectivity index (χ3v) is 4.18. The minimum absolute atomic E-state index is 0.621. The van der Waals surface area contributed by atoms with Crippen LogP contribution in [0.4, 0.5) is 17.1 Å². The molecule has 0 fully saturated rings. The van der Waals surface area contributed by atoms with E-state index in [1.165, 1.54) is 0 Å². The monoisotopic (exact) mass is 391 g/mol. The molecule has 0 radical (unpaired) electrons. The summed E-state index contributed by atoms with van der Waals surface area (Å²) in [4.78, 5) is 4.34. The maximum atomic E-state index is 6.07. The van der Waals surface area contributed by atoms with Crippen molar-refractivity contribution in [3.63, 3.8) is 0 Å². The van der Waals surface area contributed by atoms with Crippen molar-refractivity contribution in [3.05, 3.63) is 57.6 Å². The van der Waals surface area contributed by atoms with Crippen LogP contribution in [0.5, 0.6) is 0 Å². The van der Waals surface area contributed by atoms with E-state index in [1.807, 2.05) is 42.5 Å². The van der Waals surface area contributed by atoms with Crippen LogP contribution in [0, 0.1) is 0 Å². The van der Waals surface area contributed by atoms with Crippen molar-refractivity contribution in [1.82, 2.24) is 4.98 Å². The predicted octanol–water partition coefficient (Wildman–Crippen LogP) is 5.09. The van der Waals surface area contributed by atoms with Gasteiger partial charge in [0, 0.05) is 14.3 Å². The van der Waals surface area contributed by atoms with Gasteiger partial charge in [0.25, 0.3) is 0 Å². The van der Waals surface area contributed by atoms with E-state index in [1.54, 1.807) is 6.20 Å². The zero-order valence-corrected chi connectivity index (χ0v) is 13.6. The van der Waals surface area contributed by atoms with Crippen LogP contribution in [-0.4, -0.2) is 4.98 Å². The van der Waals surface area contributed by atoms with Gasteiger partial charge in [0.15, 0.2) is 0 Å². The van der Waals surface area contributed by atoms with E-state index in [0.29, 0.717) is 5.69 Å². The Kier molecular flexibility index (Phi) is 3.63. The summed E-state index contributed by atoms with van der Waals surface area (Å²) in [5.74, 6) is 0. The van der Waals surface area contributed by atoms with E-state index >= 15 is 0 Å². The Morgan fingerprint density at radius 2 is 1.85 bits per heavy atom. The fraction of sp³-hybridized carbons (Fsp3) is 0. The summed E-state index contributed by atoms with van der Waals surface area (Å²) in [6, 6.07) is 13.9. The number of para-hydroxylation sites is 1. The Labute approximate surface area is 133 Å². The van der Waals surface area contributed by atoms with Gasteiger partial charge >= 0.3 is 0 Å². The van der Waals surface area contributed by atoms with Crippen molar-refractivity contribution in [1.29, 1.82) is 0 Å². The largest absolute Gasteiger partial charge is 0.396 e. The maximum absolute atomic E-state index is 6.07. The lowest BCUT2D eigenvalue weighted by molar-refractivity contribution is 1.40. The standard InChI is InChI=1S/C15H11Br2N3/c16-9-5-6-11(17)14(7-9)20-15-10-3-1-2-4-13(10)19-8-12(15)18/h1-8H,18H2,(H,19,20). The van der Waals surface area contributed by atoms with Crippen molar-refractivity contribution < 1.29 is 0 Å². The predicted molar refractivity (Wildman–Crippen MR) is 91.3 cm³/mol. The number of benzene rings is 2. The number of aromatic nitrogens is 1. The second-order valence-corrected chi connectivity index (χ2v) is 6.12. The van der Waals surface area contributed by atoms with Gasteiger partial charge in [-0.2, -0.15) is 0 Å². The number of nitrogens with zero attached hydrogens (tertiary/aromatic N) is 1. The Balaban J connectivity index is 2.15. The summed E-state index contributed by atoms with van der Waals surface area (Å²) in [5.41, 5.74) is 9.42. The van der Waals surface area contributed by atoms with Crippen LogP contribution in [0.25, 0.3) is 10.9 Å². The first kappa shape index (κ1) is 13.4. The normalized spacial score (nSPS) is 10.7. The molecule has 100 valence electrons. The van der Waals surface area contributed by atoms with Crippen molar-refractivity contribution >= 4 is 59.8 Å². The Hall–Kier alpha value is -1.59. The van der Waals surface area contributed by atoms with Gasteiger partial charge in [-0.3, -0.25) is 4.98 Å². The van der Waals surface area contributed by atoms with Gasteiger partial charge in [-0.25, -0.2) is 0 Å². The Bertz CT molecular complexity index is 787. The molecule has 0 bridgehead atoms. The molecule has 5 heteroatoms. The zero-order chi connectivity index (χ0) is 14.1. The molecule has 1 heterocycles. The van der Waals surface area contributed by atoms with E-state index in [-0.39, 0.29) is 0 Å². The Morgan fingerprint density at radius 1 is 1.05 bits per heavy atom. The number of nitrogen functional groups attached to an aromatic ring is 1. The van der Waals surface area contributed by atoms with Crippen LogP contribution < -0.4 is 11.1 Å². The van der Waals surface area contributed by atoms with Gasteiger partial charge in [0.1, 0.15) is 0 Å². The number of pyridine rings is 1. The average molecular weight is 393 g/mol. The van der Waals surface area contributed by atoms with E-state index < -0.39 is 0 Å². The summed E-state index contributed by atoms with van der Waals surface area (Å²) < 4.78 is 1.97. The van der Waals surface area contributed by atoms with Crippen molar-refractivity contribution in [3.8, 4) is 0 Å². The van der Waals surface area contributed by atoms with Crippen LogP contribution in [-0.2, 0) is 0 Å². The summed E-state index contributed by atoms with van der Waals surface area (Å²) in [6.07, 6.45) is 1.68. The highest BCUT2D eigenvalue weighted by atomic mass is 79.9. The highest BCUT2D eigenvalue weighted by Gasteiger charge is 2.08. The summed E-state index contributed by atoms with van der Waals surface area (Å²) in [6.45, 7) is 0. The molecule has 0 spiro atoms. The van der Waals surface area contributed by atoms with Gasteiger partial charge in [-0.1, -0.05) is 34.1 Å². The molecule has 20 heavy (non-hydrogen) atoms. The minimum atomic E-state index is 0.621. The van der Waals surface area contributed by atoms with Crippen molar-refractivity contribution in [2.24, 2.45) is 0 Å². The van der Waals surface area contributed by atoms with E-state index in [0.717, 1.165) is 31.2 Å². The lowest BCUT2D eigenvalue weighted by Gasteiger charge is -2.13. The van der Waals surface area contributed by atoms with E-state index in [2.05, 4.69) is 42.2 Å². The minimum Gasteiger partial charge on any atom is -0.396 e. The maximum Gasteiger partial charge on any atom is 0.0746 e. The number of rotatable bonds is 2. The SMILES string of the molecule is Nc1cnc2ccccc2c1Nc1cc(Br)ccc1Br. The first-order valence-electron chi connectivity index (χ1n) is 6.00. The second-order valence-electron chi connectivity index (χ2n) is 4.35. The van der Waals surface area contributed by atoms with E-state index in [4.69, 9.17) is 5.73 Å².